The van der Waals surface area contributed by atoms with Gasteiger partial charge in [-0.05, 0) is 0 Å². The van der Waals surface area contributed by atoms with E-state index < -0.39 is 0 Å². The van der Waals surface area contributed by atoms with E-state index in [1.54, 1.807) is 0 Å². The Hall–Kier alpha value is -0.210. The van der Waals surface area contributed by atoms with E-state index >= 15 is 0 Å². The van der Waals surface area contributed by atoms with Gasteiger partial charge in [-0.25, -0.2) is 5.84 Å². The van der Waals surface area contributed by atoms with E-state index in [-0.39, 0.29) is 5.16 Å². The Morgan fingerprint density at radius 2 is 2.20 bits per heavy atom. The van der Waals surface area contributed by atoms with E-state index in [0.29, 0.717) is 0 Å². The van der Waals surface area contributed by atoms with Crippen molar-refractivity contribution in [1.29, 1.82) is 0 Å². The second kappa shape index (κ2) is 2.05. The number of halogens is 1. The van der Waals surface area contributed by atoms with Crippen molar-refractivity contribution >= 4 is 11.6 Å². The smallest absolute Gasteiger partial charge is 0.108 e. The third-order valence-electron chi connectivity index (χ3n) is 0.157. The van der Waals surface area contributed by atoms with Crippen LogP contribution in [0.4, 0.5) is 0 Å². The number of nitrogens with one attached hydrogen (secondary N) is 1. The lowest BCUT2D eigenvalue weighted by Crippen LogP contribution is -2.16. The van der Waals surface area contributed by atoms with Gasteiger partial charge in [0.15, 0.2) is 0 Å². The highest BCUT2D eigenvalue weighted by Crippen LogP contribution is 1.81. The van der Waals surface area contributed by atoms with Crippen LogP contribution < -0.4 is 11.3 Å². The molecule has 0 amide bonds. The van der Waals surface area contributed by atoms with Crippen LogP contribution in [0.3, 0.4) is 0 Å². The molecule has 0 unspecified atom stereocenters. The predicted molar refractivity (Wildman–Crippen MR) is 22.3 cm³/mol. The molecule has 0 rings (SSSR count). The molecule has 0 fully saturated rings. The summed E-state index contributed by atoms with van der Waals surface area (Å²) in [4.78, 5) is 0. The van der Waals surface area contributed by atoms with Gasteiger partial charge in [-0.15, -0.1) is 0 Å². The van der Waals surface area contributed by atoms with E-state index in [4.69, 9.17) is 11.6 Å². The monoisotopic (exact) mass is 92.0 g/mol. The third-order valence-corrected chi connectivity index (χ3v) is 0.266. The first-order chi connectivity index (χ1) is 2.27. The highest BCUT2D eigenvalue weighted by molar-refractivity contribution is 6.28. The van der Waals surface area contributed by atoms with Crippen LogP contribution in [0.25, 0.3) is 0 Å². The van der Waals surface area contributed by atoms with Crippen molar-refractivity contribution in [2.45, 2.75) is 0 Å². The fourth-order valence-corrected chi connectivity index (χ4v) is 0. The Morgan fingerprint density at radius 3 is 2.20 bits per heavy atom. The first kappa shape index (κ1) is 4.79. The SMILES string of the molecule is C=C(Cl)NN. The first-order valence-corrected chi connectivity index (χ1v) is 1.46. The quantitative estimate of drug-likeness (QED) is 0.275. The first-order valence-electron chi connectivity index (χ1n) is 1.08. The maximum absolute atomic E-state index is 5.03. The molecule has 0 bridgehead atoms. The average molecular weight is 92.5 g/mol. The van der Waals surface area contributed by atoms with Gasteiger partial charge in [-0.2, -0.15) is 0 Å². The standard InChI is InChI=1S/C2H5ClN2/c1-2(3)5-4/h5H,1,4H2. The molecule has 2 nitrogen and oxygen atoms in total. The summed E-state index contributed by atoms with van der Waals surface area (Å²) >= 11 is 5.03. The molecule has 3 N–H and O–H groups in total. The van der Waals surface area contributed by atoms with Crippen LogP contribution in [0, 0.1) is 0 Å². The van der Waals surface area contributed by atoms with E-state index in [9.17, 15) is 0 Å². The molecule has 5 heavy (non-hydrogen) atoms. The number of hydrazine groups is 1. The molecule has 0 aromatic heterocycles. The molecule has 0 heterocycles. The van der Waals surface area contributed by atoms with Gasteiger partial charge in [-0.3, -0.25) is 0 Å². The van der Waals surface area contributed by atoms with Gasteiger partial charge in [0.25, 0.3) is 0 Å². The number of rotatable bonds is 1. The fourth-order valence-electron chi connectivity index (χ4n) is 0. The summed E-state index contributed by atoms with van der Waals surface area (Å²) < 4.78 is 0. The van der Waals surface area contributed by atoms with Crippen molar-refractivity contribution in [2.75, 3.05) is 0 Å². The zero-order valence-electron chi connectivity index (χ0n) is 2.66. The summed E-state index contributed by atoms with van der Waals surface area (Å²) in [6.07, 6.45) is 0. The molecule has 0 radical (unpaired) electrons. The summed E-state index contributed by atoms with van der Waals surface area (Å²) in [6.45, 7) is 3.20. The van der Waals surface area contributed by atoms with Crippen molar-refractivity contribution in [3.05, 3.63) is 11.7 Å². The minimum Gasteiger partial charge on any atom is -0.315 e. The molecule has 30 valence electrons. The zero-order chi connectivity index (χ0) is 4.28. The van der Waals surface area contributed by atoms with Gasteiger partial charge in [-0.1, -0.05) is 18.2 Å². The van der Waals surface area contributed by atoms with Crippen molar-refractivity contribution in [1.82, 2.24) is 5.43 Å². The van der Waals surface area contributed by atoms with E-state index in [2.05, 4.69) is 17.8 Å². The number of nitrogens with two attached hydrogens (primary N) is 1. The third kappa shape index (κ3) is 3.79. The van der Waals surface area contributed by atoms with Crippen LogP contribution in [-0.2, 0) is 0 Å². The Balaban J connectivity index is 2.85. The fraction of sp³-hybridized carbons (Fsp3) is 0. The molecule has 0 atom stereocenters. The predicted octanol–water partition coefficient (Wildman–Crippen LogP) is 0.160. The van der Waals surface area contributed by atoms with Crippen LogP contribution >= 0.6 is 11.6 Å². The normalized spacial score (nSPS) is 6.80. The van der Waals surface area contributed by atoms with Crippen LogP contribution in [0.2, 0.25) is 0 Å². The Labute approximate surface area is 35.6 Å². The van der Waals surface area contributed by atoms with Crippen molar-refractivity contribution in [3.8, 4) is 0 Å². The van der Waals surface area contributed by atoms with Gasteiger partial charge in [0.1, 0.15) is 5.16 Å². The minimum atomic E-state index is 0.255. The van der Waals surface area contributed by atoms with E-state index in [0.717, 1.165) is 0 Å². The van der Waals surface area contributed by atoms with Crippen LogP contribution in [0.1, 0.15) is 0 Å². The van der Waals surface area contributed by atoms with Crippen molar-refractivity contribution in [3.63, 3.8) is 0 Å². The van der Waals surface area contributed by atoms with Gasteiger partial charge in [0.2, 0.25) is 0 Å². The second-order valence-corrected chi connectivity index (χ2v) is 1.01. The van der Waals surface area contributed by atoms with Crippen LogP contribution in [0.5, 0.6) is 0 Å². The highest BCUT2D eigenvalue weighted by atomic mass is 35.5. The van der Waals surface area contributed by atoms with Gasteiger partial charge in [0, 0.05) is 0 Å². The van der Waals surface area contributed by atoms with Gasteiger partial charge >= 0.3 is 0 Å². The van der Waals surface area contributed by atoms with Crippen molar-refractivity contribution < 1.29 is 0 Å². The molecule has 0 aliphatic rings. The van der Waals surface area contributed by atoms with Crippen LogP contribution in [0.15, 0.2) is 11.7 Å². The Kier molecular flexibility index (Phi) is 1.97. The average Bonchev–Trinajstić information content (AvgIpc) is 1.38. The minimum absolute atomic E-state index is 0.255. The summed E-state index contributed by atoms with van der Waals surface area (Å²) in [5, 5.41) is 0.255. The molecule has 0 saturated carbocycles. The molecule has 0 saturated heterocycles. The summed E-state index contributed by atoms with van der Waals surface area (Å²) in [7, 11) is 0. The maximum atomic E-state index is 5.03. The highest BCUT2D eigenvalue weighted by Gasteiger charge is 1.67. The second-order valence-electron chi connectivity index (χ2n) is 0.549. The summed E-state index contributed by atoms with van der Waals surface area (Å²) in [5.74, 6) is 4.69. The van der Waals surface area contributed by atoms with Gasteiger partial charge in [0.05, 0.1) is 0 Å². The zero-order valence-corrected chi connectivity index (χ0v) is 3.42. The molecule has 0 spiro atoms. The molecular weight excluding hydrogens is 87.5 g/mol. The number of hydrogen-bond acceptors (Lipinski definition) is 2. The molecular formula is C2H5ClN2. The maximum Gasteiger partial charge on any atom is 0.108 e. The van der Waals surface area contributed by atoms with E-state index in [1.807, 2.05) is 0 Å². The van der Waals surface area contributed by atoms with Crippen molar-refractivity contribution in [2.24, 2.45) is 5.84 Å². The molecule has 0 aromatic rings. The van der Waals surface area contributed by atoms with Gasteiger partial charge < -0.3 is 5.43 Å². The molecule has 0 aromatic carbocycles. The lowest BCUT2D eigenvalue weighted by Gasteiger charge is -1.84. The summed E-state index contributed by atoms with van der Waals surface area (Å²) in [6, 6.07) is 0. The number of hydrogen-bond donors (Lipinski definition) is 2. The lowest BCUT2D eigenvalue weighted by molar-refractivity contribution is 0.950. The lowest BCUT2D eigenvalue weighted by atomic mass is 11.1. The Morgan fingerprint density at radius 1 is 2.00 bits per heavy atom. The van der Waals surface area contributed by atoms with Crippen LogP contribution in [-0.4, -0.2) is 0 Å². The van der Waals surface area contributed by atoms with E-state index in [1.165, 1.54) is 0 Å². The largest absolute Gasteiger partial charge is 0.315 e. The molecule has 3 heteroatoms. The topological polar surface area (TPSA) is 38.0 Å². The summed E-state index contributed by atoms with van der Waals surface area (Å²) in [5.41, 5.74) is 2.10. The Bertz CT molecular complexity index is 42.9. The molecule has 0 aliphatic carbocycles. The molecule has 0 aliphatic heterocycles.